The summed E-state index contributed by atoms with van der Waals surface area (Å²) in [6.45, 7) is 6.35. The van der Waals surface area contributed by atoms with Crippen molar-refractivity contribution in [2.45, 2.75) is 65.4 Å². The molecule has 0 unspecified atom stereocenters. The third-order valence-electron chi connectivity index (χ3n) is 3.80. The van der Waals surface area contributed by atoms with Crippen LogP contribution in [0.25, 0.3) is 0 Å². The quantitative estimate of drug-likeness (QED) is 0.770. The second kappa shape index (κ2) is 6.56. The Morgan fingerprint density at radius 3 is 2.53 bits per heavy atom. The third kappa shape index (κ3) is 3.82. The van der Waals surface area contributed by atoms with E-state index in [1.165, 1.54) is 12.8 Å². The molecule has 0 spiro atoms. The standard InChI is InChI=1S/C15H23ClN2O/c1-4-5-13-17-14(16)11(3)15(18-13)19-12-8-6-10(2)7-9-12/h10,12H,4-9H2,1-3H3. The zero-order valence-corrected chi connectivity index (χ0v) is 12.8. The highest BCUT2D eigenvalue weighted by Crippen LogP contribution is 2.29. The summed E-state index contributed by atoms with van der Waals surface area (Å²) in [7, 11) is 0. The summed E-state index contributed by atoms with van der Waals surface area (Å²) in [4.78, 5) is 8.82. The van der Waals surface area contributed by atoms with E-state index < -0.39 is 0 Å². The van der Waals surface area contributed by atoms with Crippen molar-refractivity contribution in [3.8, 4) is 5.88 Å². The first kappa shape index (κ1) is 14.6. The van der Waals surface area contributed by atoms with Gasteiger partial charge < -0.3 is 4.74 Å². The Labute approximate surface area is 120 Å². The molecule has 0 amide bonds. The molecule has 0 aliphatic heterocycles. The van der Waals surface area contributed by atoms with E-state index in [4.69, 9.17) is 16.3 Å². The molecule has 1 fully saturated rings. The van der Waals surface area contributed by atoms with E-state index in [2.05, 4.69) is 23.8 Å². The van der Waals surface area contributed by atoms with Crippen LogP contribution in [0.4, 0.5) is 0 Å². The number of hydrogen-bond acceptors (Lipinski definition) is 3. The van der Waals surface area contributed by atoms with Crippen molar-refractivity contribution in [2.24, 2.45) is 5.92 Å². The highest BCUT2D eigenvalue weighted by atomic mass is 35.5. The predicted molar refractivity (Wildman–Crippen MR) is 77.8 cm³/mol. The molecule has 1 aromatic heterocycles. The molecule has 1 aliphatic rings. The first-order chi connectivity index (χ1) is 9.10. The molecule has 3 nitrogen and oxygen atoms in total. The zero-order valence-electron chi connectivity index (χ0n) is 12.1. The molecule has 1 saturated carbocycles. The van der Waals surface area contributed by atoms with Gasteiger partial charge in [-0.25, -0.2) is 4.98 Å². The summed E-state index contributed by atoms with van der Waals surface area (Å²) in [5, 5.41) is 0.526. The second-order valence-corrected chi connectivity index (χ2v) is 5.97. The molecule has 1 aliphatic carbocycles. The summed E-state index contributed by atoms with van der Waals surface area (Å²) < 4.78 is 6.07. The molecule has 0 saturated heterocycles. The largest absolute Gasteiger partial charge is 0.474 e. The van der Waals surface area contributed by atoms with Gasteiger partial charge in [-0.15, -0.1) is 0 Å². The van der Waals surface area contributed by atoms with Crippen LogP contribution in [0.15, 0.2) is 0 Å². The minimum absolute atomic E-state index is 0.287. The molecular weight excluding hydrogens is 260 g/mol. The fourth-order valence-electron chi connectivity index (χ4n) is 2.47. The number of rotatable bonds is 4. The molecule has 0 aromatic carbocycles. The van der Waals surface area contributed by atoms with E-state index in [1.807, 2.05) is 6.92 Å². The van der Waals surface area contributed by atoms with Crippen molar-refractivity contribution in [3.05, 3.63) is 16.5 Å². The van der Waals surface area contributed by atoms with Gasteiger partial charge in [0.15, 0.2) is 0 Å². The SMILES string of the molecule is CCCc1nc(Cl)c(C)c(OC2CCC(C)CC2)n1. The predicted octanol–water partition coefficient (Wildman–Crippen LogP) is 4.35. The lowest BCUT2D eigenvalue weighted by Gasteiger charge is -2.27. The van der Waals surface area contributed by atoms with Gasteiger partial charge in [-0.2, -0.15) is 4.98 Å². The lowest BCUT2D eigenvalue weighted by atomic mass is 9.89. The average Bonchev–Trinajstić information content (AvgIpc) is 2.38. The maximum Gasteiger partial charge on any atom is 0.221 e. The van der Waals surface area contributed by atoms with E-state index in [0.717, 1.165) is 43.0 Å². The van der Waals surface area contributed by atoms with E-state index in [-0.39, 0.29) is 6.10 Å². The monoisotopic (exact) mass is 282 g/mol. The van der Waals surface area contributed by atoms with Crippen LogP contribution in [0.3, 0.4) is 0 Å². The molecule has 2 rings (SSSR count). The van der Waals surface area contributed by atoms with Crippen molar-refractivity contribution in [3.63, 3.8) is 0 Å². The van der Waals surface area contributed by atoms with Crippen molar-refractivity contribution < 1.29 is 4.74 Å². The van der Waals surface area contributed by atoms with Gasteiger partial charge in [-0.1, -0.05) is 25.4 Å². The van der Waals surface area contributed by atoms with Gasteiger partial charge in [0.1, 0.15) is 17.1 Å². The molecule has 0 atom stereocenters. The summed E-state index contributed by atoms with van der Waals surface area (Å²) in [5.41, 5.74) is 0.861. The maximum atomic E-state index is 6.16. The highest BCUT2D eigenvalue weighted by molar-refractivity contribution is 6.30. The maximum absolute atomic E-state index is 6.16. The normalized spacial score (nSPS) is 23.4. The minimum atomic E-state index is 0.287. The van der Waals surface area contributed by atoms with Crippen LogP contribution in [-0.4, -0.2) is 16.1 Å². The fourth-order valence-corrected chi connectivity index (χ4v) is 2.65. The van der Waals surface area contributed by atoms with E-state index >= 15 is 0 Å². The molecule has 19 heavy (non-hydrogen) atoms. The van der Waals surface area contributed by atoms with Crippen LogP contribution in [0.2, 0.25) is 5.15 Å². The summed E-state index contributed by atoms with van der Waals surface area (Å²) in [6, 6.07) is 0. The van der Waals surface area contributed by atoms with Crippen LogP contribution >= 0.6 is 11.6 Å². The molecule has 0 radical (unpaired) electrons. The minimum Gasteiger partial charge on any atom is -0.474 e. The molecule has 1 aromatic rings. The van der Waals surface area contributed by atoms with E-state index in [9.17, 15) is 0 Å². The molecule has 1 heterocycles. The van der Waals surface area contributed by atoms with Gasteiger partial charge in [-0.3, -0.25) is 0 Å². The van der Waals surface area contributed by atoms with Gasteiger partial charge >= 0.3 is 0 Å². The zero-order chi connectivity index (χ0) is 13.8. The Bertz CT molecular complexity index is 428. The van der Waals surface area contributed by atoms with Crippen LogP contribution in [0.1, 0.15) is 57.3 Å². The molecule has 106 valence electrons. The Morgan fingerprint density at radius 2 is 1.89 bits per heavy atom. The Morgan fingerprint density at radius 1 is 1.21 bits per heavy atom. The fraction of sp³-hybridized carbons (Fsp3) is 0.733. The van der Waals surface area contributed by atoms with E-state index in [0.29, 0.717) is 11.0 Å². The van der Waals surface area contributed by atoms with Crippen molar-refractivity contribution in [2.75, 3.05) is 0 Å². The van der Waals surface area contributed by atoms with Crippen LogP contribution in [0.5, 0.6) is 5.88 Å². The van der Waals surface area contributed by atoms with E-state index in [1.54, 1.807) is 0 Å². The molecule has 0 N–H and O–H groups in total. The van der Waals surface area contributed by atoms with Crippen molar-refractivity contribution >= 4 is 11.6 Å². The lowest BCUT2D eigenvalue weighted by molar-refractivity contribution is 0.128. The van der Waals surface area contributed by atoms with Crippen LogP contribution in [-0.2, 0) is 6.42 Å². The number of aromatic nitrogens is 2. The number of halogens is 1. The molecule has 4 heteroatoms. The number of nitrogens with zero attached hydrogens (tertiary/aromatic N) is 2. The second-order valence-electron chi connectivity index (χ2n) is 5.61. The third-order valence-corrected chi connectivity index (χ3v) is 4.17. The highest BCUT2D eigenvalue weighted by Gasteiger charge is 2.21. The lowest BCUT2D eigenvalue weighted by Crippen LogP contribution is -2.24. The van der Waals surface area contributed by atoms with Gasteiger partial charge in [-0.05, 0) is 44.9 Å². The summed E-state index contributed by atoms with van der Waals surface area (Å²) >= 11 is 6.16. The Hall–Kier alpha value is -0.830. The summed E-state index contributed by atoms with van der Waals surface area (Å²) in [6.07, 6.45) is 6.86. The molecule has 0 bridgehead atoms. The van der Waals surface area contributed by atoms with Crippen LogP contribution in [0, 0.1) is 12.8 Å². The smallest absolute Gasteiger partial charge is 0.221 e. The van der Waals surface area contributed by atoms with Gasteiger partial charge in [0.05, 0.1) is 0 Å². The number of ether oxygens (including phenoxy) is 1. The first-order valence-corrected chi connectivity index (χ1v) is 7.67. The van der Waals surface area contributed by atoms with Gasteiger partial charge in [0.2, 0.25) is 5.88 Å². The number of aryl methyl sites for hydroxylation is 1. The first-order valence-electron chi connectivity index (χ1n) is 7.29. The van der Waals surface area contributed by atoms with Gasteiger partial charge in [0, 0.05) is 12.0 Å². The van der Waals surface area contributed by atoms with Crippen molar-refractivity contribution in [1.29, 1.82) is 0 Å². The number of hydrogen-bond donors (Lipinski definition) is 0. The average molecular weight is 283 g/mol. The van der Waals surface area contributed by atoms with Crippen molar-refractivity contribution in [1.82, 2.24) is 9.97 Å². The topological polar surface area (TPSA) is 35.0 Å². The Balaban J connectivity index is 2.10. The van der Waals surface area contributed by atoms with Crippen LogP contribution < -0.4 is 4.74 Å². The summed E-state index contributed by atoms with van der Waals surface area (Å²) in [5.74, 6) is 2.30. The molecular formula is C15H23ClN2O. The Kier molecular flexibility index (Phi) is 5.03. The van der Waals surface area contributed by atoms with Gasteiger partial charge in [0.25, 0.3) is 0 Å².